The number of benzene rings is 1. The summed E-state index contributed by atoms with van der Waals surface area (Å²) in [5.41, 5.74) is 7.99. The Balaban J connectivity index is 3.03. The molecule has 0 aliphatic carbocycles. The van der Waals surface area contributed by atoms with Gasteiger partial charge in [-0.15, -0.1) is 0 Å². The minimum Gasteiger partial charge on any atom is -0.496 e. The molecule has 0 spiro atoms. The van der Waals surface area contributed by atoms with Gasteiger partial charge < -0.3 is 20.3 Å². The molecule has 1 aromatic rings. The Morgan fingerprint density at radius 2 is 2.00 bits per heavy atom. The molecule has 0 amide bonds. The normalized spacial score (nSPS) is 12.3. The molecule has 1 atom stereocenters. The Labute approximate surface area is 102 Å². The molecule has 1 rings (SSSR count). The molecule has 0 fully saturated rings. The average molecular weight is 239 g/mol. The van der Waals surface area contributed by atoms with E-state index in [1.807, 2.05) is 19.1 Å². The van der Waals surface area contributed by atoms with Crippen LogP contribution in [-0.4, -0.2) is 25.9 Å². The SMILES string of the molecule is COc1ccc(C(N)CCCO)c(OC)c1C. The van der Waals surface area contributed by atoms with E-state index in [-0.39, 0.29) is 12.6 Å². The van der Waals surface area contributed by atoms with Gasteiger partial charge in [-0.25, -0.2) is 0 Å². The third kappa shape index (κ3) is 3.11. The third-order valence-corrected chi connectivity index (χ3v) is 2.88. The second-order valence-corrected chi connectivity index (χ2v) is 3.99. The zero-order chi connectivity index (χ0) is 12.8. The monoisotopic (exact) mass is 239 g/mol. The Kier molecular flexibility index (Phi) is 5.25. The molecule has 0 saturated carbocycles. The van der Waals surface area contributed by atoms with Gasteiger partial charge in [0.1, 0.15) is 11.5 Å². The first-order valence-corrected chi connectivity index (χ1v) is 5.73. The lowest BCUT2D eigenvalue weighted by Gasteiger charge is -2.18. The zero-order valence-electron chi connectivity index (χ0n) is 10.7. The summed E-state index contributed by atoms with van der Waals surface area (Å²) in [7, 11) is 3.26. The maximum Gasteiger partial charge on any atom is 0.130 e. The first-order chi connectivity index (χ1) is 8.15. The number of ether oxygens (including phenoxy) is 2. The minimum absolute atomic E-state index is 0.123. The first kappa shape index (κ1) is 13.8. The Morgan fingerprint density at radius 3 is 2.53 bits per heavy atom. The minimum atomic E-state index is -0.123. The van der Waals surface area contributed by atoms with E-state index in [0.29, 0.717) is 6.42 Å². The van der Waals surface area contributed by atoms with Gasteiger partial charge in [-0.1, -0.05) is 6.07 Å². The fourth-order valence-corrected chi connectivity index (χ4v) is 1.95. The molecule has 0 aliphatic rings. The molecule has 0 radical (unpaired) electrons. The van der Waals surface area contributed by atoms with Crippen molar-refractivity contribution in [3.8, 4) is 11.5 Å². The van der Waals surface area contributed by atoms with E-state index in [1.165, 1.54) is 0 Å². The summed E-state index contributed by atoms with van der Waals surface area (Å²) in [6, 6.07) is 3.69. The number of aliphatic hydroxyl groups is 1. The number of methoxy groups -OCH3 is 2. The quantitative estimate of drug-likeness (QED) is 0.794. The largest absolute Gasteiger partial charge is 0.496 e. The van der Waals surface area contributed by atoms with E-state index in [4.69, 9.17) is 20.3 Å². The van der Waals surface area contributed by atoms with Crippen LogP contribution in [0, 0.1) is 6.92 Å². The van der Waals surface area contributed by atoms with Crippen LogP contribution in [-0.2, 0) is 0 Å². The Bertz CT molecular complexity index is 366. The van der Waals surface area contributed by atoms with Crippen molar-refractivity contribution in [2.45, 2.75) is 25.8 Å². The summed E-state index contributed by atoms with van der Waals surface area (Å²) in [6.45, 7) is 2.10. The summed E-state index contributed by atoms with van der Waals surface area (Å²) >= 11 is 0. The van der Waals surface area contributed by atoms with Crippen LogP contribution < -0.4 is 15.2 Å². The molecule has 96 valence electrons. The highest BCUT2D eigenvalue weighted by Gasteiger charge is 2.16. The standard InChI is InChI=1S/C13H21NO3/c1-9-12(16-2)7-6-10(13(9)17-3)11(14)5-4-8-15/h6-7,11,15H,4-5,8,14H2,1-3H3. The van der Waals surface area contributed by atoms with Crippen molar-refractivity contribution in [3.05, 3.63) is 23.3 Å². The van der Waals surface area contributed by atoms with Crippen LogP contribution in [0.25, 0.3) is 0 Å². The Morgan fingerprint density at radius 1 is 1.29 bits per heavy atom. The molecule has 0 bridgehead atoms. The fraction of sp³-hybridized carbons (Fsp3) is 0.538. The van der Waals surface area contributed by atoms with Crippen LogP contribution in [0.3, 0.4) is 0 Å². The molecule has 0 aromatic heterocycles. The van der Waals surface area contributed by atoms with Gasteiger partial charge >= 0.3 is 0 Å². The topological polar surface area (TPSA) is 64.7 Å². The van der Waals surface area contributed by atoms with E-state index < -0.39 is 0 Å². The second kappa shape index (κ2) is 6.47. The zero-order valence-corrected chi connectivity index (χ0v) is 10.7. The maximum atomic E-state index is 8.82. The summed E-state index contributed by atoms with van der Waals surface area (Å²) in [5, 5.41) is 8.82. The summed E-state index contributed by atoms with van der Waals surface area (Å²) in [5.74, 6) is 1.56. The predicted octanol–water partition coefficient (Wildman–Crippen LogP) is 1.78. The average Bonchev–Trinajstić information content (AvgIpc) is 2.35. The molecule has 1 unspecified atom stereocenters. The number of nitrogens with two attached hydrogens (primary N) is 1. The van der Waals surface area contributed by atoms with Crippen molar-refractivity contribution in [2.75, 3.05) is 20.8 Å². The van der Waals surface area contributed by atoms with Gasteiger partial charge in [0.25, 0.3) is 0 Å². The molecule has 0 aliphatic heterocycles. The van der Waals surface area contributed by atoms with Crippen LogP contribution in [0.2, 0.25) is 0 Å². The van der Waals surface area contributed by atoms with Crippen molar-refractivity contribution in [1.82, 2.24) is 0 Å². The Hall–Kier alpha value is -1.26. The van der Waals surface area contributed by atoms with Crippen molar-refractivity contribution in [2.24, 2.45) is 5.73 Å². The molecule has 3 N–H and O–H groups in total. The molecule has 4 heteroatoms. The van der Waals surface area contributed by atoms with Gasteiger partial charge in [0, 0.05) is 23.8 Å². The number of hydrogen-bond donors (Lipinski definition) is 2. The highest BCUT2D eigenvalue weighted by molar-refractivity contribution is 5.50. The molecular formula is C13H21NO3. The number of aliphatic hydroxyl groups excluding tert-OH is 1. The van der Waals surface area contributed by atoms with Gasteiger partial charge in [-0.3, -0.25) is 0 Å². The van der Waals surface area contributed by atoms with Crippen LogP contribution in [0.5, 0.6) is 11.5 Å². The van der Waals surface area contributed by atoms with Gasteiger partial charge in [-0.2, -0.15) is 0 Å². The fourth-order valence-electron chi connectivity index (χ4n) is 1.95. The number of hydrogen-bond acceptors (Lipinski definition) is 4. The van der Waals surface area contributed by atoms with Crippen molar-refractivity contribution in [1.29, 1.82) is 0 Å². The predicted molar refractivity (Wildman–Crippen MR) is 67.5 cm³/mol. The third-order valence-electron chi connectivity index (χ3n) is 2.88. The van der Waals surface area contributed by atoms with E-state index in [9.17, 15) is 0 Å². The van der Waals surface area contributed by atoms with Crippen molar-refractivity contribution < 1.29 is 14.6 Å². The lowest BCUT2D eigenvalue weighted by molar-refractivity contribution is 0.279. The smallest absolute Gasteiger partial charge is 0.130 e. The molecule has 0 heterocycles. The van der Waals surface area contributed by atoms with Gasteiger partial charge in [0.15, 0.2) is 0 Å². The molecule has 1 aromatic carbocycles. The maximum absolute atomic E-state index is 8.82. The molecule has 4 nitrogen and oxygen atoms in total. The molecule has 0 saturated heterocycles. The van der Waals surface area contributed by atoms with Crippen LogP contribution in [0.4, 0.5) is 0 Å². The van der Waals surface area contributed by atoms with E-state index in [0.717, 1.165) is 29.0 Å². The molecular weight excluding hydrogens is 218 g/mol. The number of rotatable bonds is 6. The summed E-state index contributed by atoms with van der Waals surface area (Å²) in [4.78, 5) is 0. The lowest BCUT2D eigenvalue weighted by atomic mass is 9.99. The van der Waals surface area contributed by atoms with Gasteiger partial charge in [0.05, 0.1) is 14.2 Å². The van der Waals surface area contributed by atoms with Gasteiger partial charge in [-0.05, 0) is 25.8 Å². The van der Waals surface area contributed by atoms with Crippen molar-refractivity contribution in [3.63, 3.8) is 0 Å². The van der Waals surface area contributed by atoms with E-state index in [2.05, 4.69) is 0 Å². The highest BCUT2D eigenvalue weighted by atomic mass is 16.5. The summed E-state index contributed by atoms with van der Waals surface area (Å²) in [6.07, 6.45) is 1.42. The van der Waals surface area contributed by atoms with E-state index >= 15 is 0 Å². The van der Waals surface area contributed by atoms with Gasteiger partial charge in [0.2, 0.25) is 0 Å². The van der Waals surface area contributed by atoms with Crippen LogP contribution >= 0.6 is 0 Å². The highest BCUT2D eigenvalue weighted by Crippen LogP contribution is 2.35. The van der Waals surface area contributed by atoms with Crippen LogP contribution in [0.15, 0.2) is 12.1 Å². The van der Waals surface area contributed by atoms with Crippen LogP contribution in [0.1, 0.15) is 30.0 Å². The molecule has 17 heavy (non-hydrogen) atoms. The van der Waals surface area contributed by atoms with E-state index in [1.54, 1.807) is 14.2 Å². The summed E-state index contributed by atoms with van der Waals surface area (Å²) < 4.78 is 10.6. The lowest BCUT2D eigenvalue weighted by Crippen LogP contribution is -2.13. The first-order valence-electron chi connectivity index (χ1n) is 5.73. The second-order valence-electron chi connectivity index (χ2n) is 3.99. The van der Waals surface area contributed by atoms with Crippen molar-refractivity contribution >= 4 is 0 Å².